The predicted octanol–water partition coefficient (Wildman–Crippen LogP) is 4.18. The summed E-state index contributed by atoms with van der Waals surface area (Å²) < 4.78 is 7.85. The Labute approximate surface area is 156 Å². The fourth-order valence-electron chi connectivity index (χ4n) is 2.64. The molecule has 128 valence electrons. The second-order valence-electron chi connectivity index (χ2n) is 5.56. The van der Waals surface area contributed by atoms with Crippen molar-refractivity contribution in [3.63, 3.8) is 0 Å². The van der Waals surface area contributed by atoms with E-state index in [1.807, 2.05) is 49.5 Å². The van der Waals surface area contributed by atoms with Crippen molar-refractivity contribution in [3.05, 3.63) is 65.3 Å². The Morgan fingerprint density at radius 2 is 2.04 bits per heavy atom. The molecule has 0 spiro atoms. The first-order valence-corrected chi connectivity index (χ1v) is 8.95. The minimum absolute atomic E-state index is 0.0650. The molecule has 1 aliphatic rings. The molecule has 0 saturated carbocycles. The van der Waals surface area contributed by atoms with Crippen LogP contribution in [0.5, 0.6) is 5.75 Å². The number of aryl methyl sites for hydroxylation is 1. The first-order chi connectivity index (χ1) is 12.0. The van der Waals surface area contributed by atoms with Crippen LogP contribution in [0.2, 0.25) is 0 Å². The van der Waals surface area contributed by atoms with Crippen LogP contribution in [0.1, 0.15) is 11.3 Å². The van der Waals surface area contributed by atoms with Crippen LogP contribution in [0.15, 0.2) is 54.1 Å². The first-order valence-electron chi connectivity index (χ1n) is 7.73. The van der Waals surface area contributed by atoms with E-state index < -0.39 is 0 Å². The molecule has 2 heterocycles. The van der Waals surface area contributed by atoms with Gasteiger partial charge >= 0.3 is 0 Å². The molecule has 0 radical (unpaired) electrons. The zero-order valence-electron chi connectivity index (χ0n) is 14.1. The van der Waals surface area contributed by atoms with E-state index in [4.69, 9.17) is 17.0 Å². The van der Waals surface area contributed by atoms with Crippen LogP contribution in [0.4, 0.5) is 0 Å². The zero-order chi connectivity index (χ0) is 18.0. The van der Waals surface area contributed by atoms with Crippen LogP contribution < -0.4 is 4.74 Å². The number of carbonyl (C=O) groups excluding carboxylic acids is 1. The lowest BCUT2D eigenvalue weighted by Gasteiger charge is -2.10. The van der Waals surface area contributed by atoms with Gasteiger partial charge in [0.1, 0.15) is 10.1 Å². The maximum atomic E-state index is 12.4. The summed E-state index contributed by atoms with van der Waals surface area (Å²) >= 11 is 6.60. The molecule has 1 aromatic carbocycles. The van der Waals surface area contributed by atoms with Gasteiger partial charge in [-0.15, -0.1) is 6.58 Å². The lowest BCUT2D eigenvalue weighted by atomic mass is 10.3. The molecule has 1 aliphatic heterocycles. The third kappa shape index (κ3) is 3.55. The van der Waals surface area contributed by atoms with E-state index in [-0.39, 0.29) is 5.91 Å². The molecule has 0 unspecified atom stereocenters. The molecular formula is C19H18N2O2S2. The van der Waals surface area contributed by atoms with Gasteiger partial charge in [-0.05, 0) is 48.9 Å². The highest BCUT2D eigenvalue weighted by atomic mass is 32.2. The van der Waals surface area contributed by atoms with Gasteiger partial charge in [0, 0.05) is 24.1 Å². The van der Waals surface area contributed by atoms with Crippen molar-refractivity contribution in [2.75, 3.05) is 13.7 Å². The molecule has 0 N–H and O–H groups in total. The second-order valence-corrected chi connectivity index (χ2v) is 7.24. The number of rotatable bonds is 5. The van der Waals surface area contributed by atoms with Gasteiger partial charge in [-0.2, -0.15) is 0 Å². The van der Waals surface area contributed by atoms with Crippen LogP contribution >= 0.6 is 24.0 Å². The van der Waals surface area contributed by atoms with Gasteiger partial charge in [-0.25, -0.2) is 0 Å². The Bertz CT molecular complexity index is 866. The Hall–Kier alpha value is -2.31. The summed E-state index contributed by atoms with van der Waals surface area (Å²) in [5, 5.41) is 0. The van der Waals surface area contributed by atoms with Crippen molar-refractivity contribution in [2.24, 2.45) is 0 Å². The fourth-order valence-corrected chi connectivity index (χ4v) is 3.91. The van der Waals surface area contributed by atoms with Crippen LogP contribution in [0.25, 0.3) is 11.8 Å². The van der Waals surface area contributed by atoms with E-state index in [9.17, 15) is 4.79 Å². The highest BCUT2D eigenvalue weighted by Gasteiger charge is 2.31. The number of nitrogens with zero attached hydrogens (tertiary/aromatic N) is 2. The normalized spacial score (nSPS) is 15.9. The molecular weight excluding hydrogens is 352 g/mol. The molecule has 6 heteroatoms. The molecule has 1 amide bonds. The molecule has 1 fully saturated rings. The highest BCUT2D eigenvalue weighted by Crippen LogP contribution is 2.33. The number of carbonyl (C=O) groups is 1. The van der Waals surface area contributed by atoms with Gasteiger partial charge in [0.05, 0.1) is 12.0 Å². The third-order valence-electron chi connectivity index (χ3n) is 3.87. The van der Waals surface area contributed by atoms with Gasteiger partial charge in [0.2, 0.25) is 0 Å². The van der Waals surface area contributed by atoms with Crippen LogP contribution in [0, 0.1) is 6.92 Å². The van der Waals surface area contributed by atoms with Gasteiger partial charge in [-0.3, -0.25) is 9.69 Å². The highest BCUT2D eigenvalue weighted by molar-refractivity contribution is 8.26. The van der Waals surface area contributed by atoms with Crippen molar-refractivity contribution in [2.45, 2.75) is 6.92 Å². The maximum Gasteiger partial charge on any atom is 0.266 e. The minimum Gasteiger partial charge on any atom is -0.497 e. The molecule has 0 bridgehead atoms. The Kier molecular flexibility index (Phi) is 5.11. The number of benzene rings is 1. The summed E-state index contributed by atoms with van der Waals surface area (Å²) in [6.07, 6.45) is 5.57. The van der Waals surface area contributed by atoms with E-state index in [0.29, 0.717) is 15.8 Å². The zero-order valence-corrected chi connectivity index (χ0v) is 15.7. The van der Waals surface area contributed by atoms with Gasteiger partial charge in [-0.1, -0.05) is 30.1 Å². The summed E-state index contributed by atoms with van der Waals surface area (Å²) in [6, 6.07) is 9.90. The standard InChI is InChI=1S/C19H18N2O2S2/c1-4-9-20-18(22)17(25-19(20)24)11-14-10-13(2)21(12-14)15-5-7-16(23-3)8-6-15/h4-8,10-12H,1,9H2,2-3H3/b17-11+. The predicted molar refractivity (Wildman–Crippen MR) is 107 cm³/mol. The van der Waals surface area contributed by atoms with Crippen molar-refractivity contribution < 1.29 is 9.53 Å². The van der Waals surface area contributed by atoms with Crippen molar-refractivity contribution >= 4 is 40.3 Å². The number of thioether (sulfide) groups is 1. The SMILES string of the molecule is C=CCN1C(=O)/C(=C\c2cc(C)n(-c3ccc(OC)cc3)c2)SC1=S. The van der Waals surface area contributed by atoms with Gasteiger partial charge in [0.15, 0.2) is 0 Å². The topological polar surface area (TPSA) is 34.5 Å². The smallest absolute Gasteiger partial charge is 0.266 e. The average molecular weight is 370 g/mol. The van der Waals surface area contributed by atoms with Gasteiger partial charge in [0.25, 0.3) is 5.91 Å². The number of methoxy groups -OCH3 is 1. The lowest BCUT2D eigenvalue weighted by Crippen LogP contribution is -2.27. The Morgan fingerprint density at radius 3 is 2.68 bits per heavy atom. The van der Waals surface area contributed by atoms with E-state index in [2.05, 4.69) is 11.1 Å². The number of hydrogen-bond acceptors (Lipinski definition) is 4. The third-order valence-corrected chi connectivity index (χ3v) is 5.25. The molecule has 2 aromatic rings. The van der Waals surface area contributed by atoms with E-state index in [1.165, 1.54) is 11.8 Å². The Balaban J connectivity index is 1.88. The van der Waals surface area contributed by atoms with Crippen molar-refractivity contribution in [1.82, 2.24) is 9.47 Å². The summed E-state index contributed by atoms with van der Waals surface area (Å²) in [5.74, 6) is 0.754. The molecule has 1 aromatic heterocycles. The minimum atomic E-state index is -0.0650. The van der Waals surface area contributed by atoms with Crippen LogP contribution in [-0.2, 0) is 4.79 Å². The van der Waals surface area contributed by atoms with Crippen LogP contribution in [-0.4, -0.2) is 33.3 Å². The first kappa shape index (κ1) is 17.5. The van der Waals surface area contributed by atoms with Crippen LogP contribution in [0.3, 0.4) is 0 Å². The fraction of sp³-hybridized carbons (Fsp3) is 0.158. The summed E-state index contributed by atoms with van der Waals surface area (Å²) in [7, 11) is 1.65. The largest absolute Gasteiger partial charge is 0.497 e. The molecule has 25 heavy (non-hydrogen) atoms. The number of thiocarbonyl (C=S) groups is 1. The average Bonchev–Trinajstić information content (AvgIpc) is 3.10. The Morgan fingerprint density at radius 1 is 1.32 bits per heavy atom. The summed E-state index contributed by atoms with van der Waals surface area (Å²) in [6.45, 7) is 6.14. The van der Waals surface area contributed by atoms with E-state index >= 15 is 0 Å². The molecule has 1 saturated heterocycles. The number of hydrogen-bond donors (Lipinski definition) is 0. The quantitative estimate of drug-likeness (QED) is 0.449. The number of aromatic nitrogens is 1. The monoisotopic (exact) mass is 370 g/mol. The van der Waals surface area contributed by atoms with Gasteiger partial charge < -0.3 is 9.30 Å². The maximum absolute atomic E-state index is 12.4. The second kappa shape index (κ2) is 7.29. The molecule has 0 atom stereocenters. The van der Waals surface area contributed by atoms with Crippen molar-refractivity contribution in [3.8, 4) is 11.4 Å². The molecule has 3 rings (SSSR count). The molecule has 0 aliphatic carbocycles. The number of ether oxygens (including phenoxy) is 1. The van der Waals surface area contributed by atoms with E-state index in [0.717, 1.165) is 22.7 Å². The summed E-state index contributed by atoms with van der Waals surface area (Å²) in [5.41, 5.74) is 3.09. The summed E-state index contributed by atoms with van der Waals surface area (Å²) in [4.78, 5) is 14.6. The lowest BCUT2D eigenvalue weighted by molar-refractivity contribution is -0.121. The number of amides is 1. The van der Waals surface area contributed by atoms with E-state index in [1.54, 1.807) is 18.1 Å². The molecule has 4 nitrogen and oxygen atoms in total. The van der Waals surface area contributed by atoms with Crippen molar-refractivity contribution in [1.29, 1.82) is 0 Å².